The van der Waals surface area contributed by atoms with Crippen LogP contribution in [0.15, 0.2) is 39.7 Å². The van der Waals surface area contributed by atoms with Crippen molar-refractivity contribution in [3.05, 3.63) is 51.8 Å². The number of fused-ring (bicyclic) bond motifs is 2. The first-order valence-electron chi connectivity index (χ1n) is 6.70. The maximum Gasteiger partial charge on any atom is 0.230 e. The molecule has 0 fully saturated rings. The van der Waals surface area contributed by atoms with Crippen LogP contribution in [0.2, 0.25) is 0 Å². The fourth-order valence-corrected chi connectivity index (χ4v) is 2.50. The Morgan fingerprint density at radius 1 is 1.15 bits per heavy atom. The van der Waals surface area contributed by atoms with Gasteiger partial charge in [-0.2, -0.15) is 0 Å². The van der Waals surface area contributed by atoms with E-state index in [0.29, 0.717) is 22.1 Å². The van der Waals surface area contributed by atoms with Crippen molar-refractivity contribution >= 4 is 22.1 Å². The summed E-state index contributed by atoms with van der Waals surface area (Å²) in [5, 5.41) is 1.17. The third-order valence-electron chi connectivity index (χ3n) is 3.50. The Hall–Kier alpha value is -2.16. The molecule has 0 atom stereocenters. The second-order valence-electron chi connectivity index (χ2n) is 6.23. The third-order valence-corrected chi connectivity index (χ3v) is 3.50. The number of pyridine rings is 1. The molecule has 0 bridgehead atoms. The Morgan fingerprint density at radius 2 is 1.90 bits per heavy atom. The fourth-order valence-electron chi connectivity index (χ4n) is 2.50. The monoisotopic (exact) mass is 267 g/mol. The quantitative estimate of drug-likeness (QED) is 0.579. The molecule has 20 heavy (non-hydrogen) atoms. The van der Waals surface area contributed by atoms with Crippen LogP contribution in [-0.4, -0.2) is 4.98 Å². The predicted octanol–water partition coefficient (Wildman–Crippen LogP) is 3.95. The molecule has 3 rings (SSSR count). The molecule has 0 spiro atoms. The van der Waals surface area contributed by atoms with Crippen molar-refractivity contribution in [1.29, 1.82) is 0 Å². The molecular formula is C17H17NO2. The molecule has 1 aromatic carbocycles. The summed E-state index contributed by atoms with van der Waals surface area (Å²) in [6.07, 6.45) is 1.64. The molecule has 0 amide bonds. The van der Waals surface area contributed by atoms with Crippen molar-refractivity contribution in [3.63, 3.8) is 0 Å². The van der Waals surface area contributed by atoms with Crippen molar-refractivity contribution < 1.29 is 4.42 Å². The Labute approximate surface area is 117 Å². The van der Waals surface area contributed by atoms with Crippen molar-refractivity contribution in [2.24, 2.45) is 0 Å². The van der Waals surface area contributed by atoms with Crippen molar-refractivity contribution in [2.75, 3.05) is 0 Å². The van der Waals surface area contributed by atoms with Gasteiger partial charge in [-0.15, -0.1) is 0 Å². The van der Waals surface area contributed by atoms with Crippen LogP contribution in [0.5, 0.6) is 0 Å². The first-order chi connectivity index (χ1) is 9.38. The van der Waals surface area contributed by atoms with Crippen LogP contribution in [0, 0.1) is 6.92 Å². The topological polar surface area (TPSA) is 43.1 Å². The fraction of sp³-hybridized carbons (Fsp3) is 0.294. The van der Waals surface area contributed by atoms with E-state index in [4.69, 9.17) is 4.42 Å². The van der Waals surface area contributed by atoms with Gasteiger partial charge < -0.3 is 4.42 Å². The largest absolute Gasteiger partial charge is 0.437 e. The molecule has 0 aliphatic heterocycles. The van der Waals surface area contributed by atoms with Gasteiger partial charge in [0.05, 0.1) is 10.8 Å². The smallest absolute Gasteiger partial charge is 0.230 e. The van der Waals surface area contributed by atoms with Crippen LogP contribution in [0.3, 0.4) is 0 Å². The zero-order chi connectivity index (χ0) is 14.5. The van der Waals surface area contributed by atoms with E-state index in [1.165, 1.54) is 0 Å². The maximum atomic E-state index is 12.6. The molecule has 0 aliphatic carbocycles. The molecule has 0 unspecified atom stereocenters. The highest BCUT2D eigenvalue weighted by molar-refractivity contribution is 5.90. The standard InChI is InChI=1S/C17H17NO2/c1-10-8-12-14(19)11-6-5-7-18-16(11)20-15(12)13(9-10)17(2,3)4/h5-9H,1-4H3. The third kappa shape index (κ3) is 1.90. The van der Waals surface area contributed by atoms with Crippen molar-refractivity contribution in [2.45, 2.75) is 33.1 Å². The second-order valence-corrected chi connectivity index (χ2v) is 6.23. The lowest BCUT2D eigenvalue weighted by molar-refractivity contribution is 0.566. The number of hydrogen-bond donors (Lipinski definition) is 0. The Morgan fingerprint density at radius 3 is 2.60 bits per heavy atom. The van der Waals surface area contributed by atoms with Crippen LogP contribution in [0.25, 0.3) is 22.1 Å². The molecule has 0 radical (unpaired) electrons. The number of nitrogens with zero attached hydrogens (tertiary/aromatic N) is 1. The van der Waals surface area contributed by atoms with Gasteiger partial charge in [-0.1, -0.05) is 26.8 Å². The van der Waals surface area contributed by atoms with E-state index in [0.717, 1.165) is 11.1 Å². The molecule has 0 saturated carbocycles. The molecular weight excluding hydrogens is 250 g/mol. The summed E-state index contributed by atoms with van der Waals surface area (Å²) in [5.41, 5.74) is 3.06. The SMILES string of the molecule is Cc1cc(C(C)(C)C)c2oc3ncccc3c(=O)c2c1. The minimum Gasteiger partial charge on any atom is -0.437 e. The highest BCUT2D eigenvalue weighted by Crippen LogP contribution is 2.31. The highest BCUT2D eigenvalue weighted by atomic mass is 16.3. The summed E-state index contributed by atoms with van der Waals surface area (Å²) in [6, 6.07) is 7.49. The molecule has 0 saturated heterocycles. The molecule has 3 nitrogen and oxygen atoms in total. The zero-order valence-electron chi connectivity index (χ0n) is 12.2. The van der Waals surface area contributed by atoms with Gasteiger partial charge in [-0.3, -0.25) is 4.79 Å². The predicted molar refractivity (Wildman–Crippen MR) is 81.2 cm³/mol. The maximum absolute atomic E-state index is 12.6. The van der Waals surface area contributed by atoms with Gasteiger partial charge in [-0.05, 0) is 36.1 Å². The van der Waals surface area contributed by atoms with E-state index in [9.17, 15) is 4.79 Å². The van der Waals surface area contributed by atoms with E-state index in [2.05, 4.69) is 31.8 Å². The Bertz CT molecular complexity index is 870. The Balaban J connectivity index is 2.58. The zero-order valence-corrected chi connectivity index (χ0v) is 12.2. The average Bonchev–Trinajstić information content (AvgIpc) is 2.38. The normalized spacial score (nSPS) is 12.2. The number of aryl methyl sites for hydroxylation is 1. The molecule has 0 aliphatic rings. The van der Waals surface area contributed by atoms with E-state index < -0.39 is 0 Å². The number of aromatic nitrogens is 1. The number of hydrogen-bond acceptors (Lipinski definition) is 3. The van der Waals surface area contributed by atoms with E-state index in [1.54, 1.807) is 18.3 Å². The summed E-state index contributed by atoms with van der Waals surface area (Å²) in [5.74, 6) is 0. The Kier molecular flexibility index (Phi) is 2.68. The van der Waals surface area contributed by atoms with E-state index in [1.807, 2.05) is 13.0 Å². The van der Waals surface area contributed by atoms with Crippen molar-refractivity contribution in [3.8, 4) is 0 Å². The van der Waals surface area contributed by atoms with Crippen LogP contribution in [-0.2, 0) is 5.41 Å². The number of benzene rings is 1. The molecule has 3 aromatic rings. The summed E-state index contributed by atoms with van der Waals surface area (Å²) in [4.78, 5) is 16.8. The summed E-state index contributed by atoms with van der Waals surface area (Å²) < 4.78 is 5.93. The van der Waals surface area contributed by atoms with Crippen LogP contribution in [0.1, 0.15) is 31.9 Å². The van der Waals surface area contributed by atoms with E-state index >= 15 is 0 Å². The summed E-state index contributed by atoms with van der Waals surface area (Å²) >= 11 is 0. The van der Waals surface area contributed by atoms with Crippen LogP contribution in [0.4, 0.5) is 0 Å². The van der Waals surface area contributed by atoms with Gasteiger partial charge in [0, 0.05) is 11.8 Å². The second kappa shape index (κ2) is 4.17. The lowest BCUT2D eigenvalue weighted by Crippen LogP contribution is -2.14. The number of rotatable bonds is 0. The molecule has 3 heteroatoms. The van der Waals surface area contributed by atoms with Crippen molar-refractivity contribution in [1.82, 2.24) is 4.98 Å². The lowest BCUT2D eigenvalue weighted by Gasteiger charge is -2.21. The summed E-state index contributed by atoms with van der Waals surface area (Å²) in [7, 11) is 0. The molecule has 0 N–H and O–H groups in total. The van der Waals surface area contributed by atoms with Crippen LogP contribution >= 0.6 is 0 Å². The van der Waals surface area contributed by atoms with Gasteiger partial charge in [0.2, 0.25) is 11.1 Å². The van der Waals surface area contributed by atoms with Gasteiger partial charge in [0.25, 0.3) is 0 Å². The highest BCUT2D eigenvalue weighted by Gasteiger charge is 2.21. The minimum atomic E-state index is -0.0946. The first kappa shape index (κ1) is 12.9. The summed E-state index contributed by atoms with van der Waals surface area (Å²) in [6.45, 7) is 8.35. The lowest BCUT2D eigenvalue weighted by atomic mass is 9.85. The van der Waals surface area contributed by atoms with Crippen LogP contribution < -0.4 is 5.43 Å². The van der Waals surface area contributed by atoms with Gasteiger partial charge in [-0.25, -0.2) is 4.98 Å². The average molecular weight is 267 g/mol. The molecule has 2 heterocycles. The van der Waals surface area contributed by atoms with Gasteiger partial charge >= 0.3 is 0 Å². The van der Waals surface area contributed by atoms with Gasteiger partial charge in [0.1, 0.15) is 5.58 Å². The first-order valence-corrected chi connectivity index (χ1v) is 6.70. The molecule has 2 aromatic heterocycles. The minimum absolute atomic E-state index is 0.0106. The van der Waals surface area contributed by atoms with Gasteiger partial charge in [0.15, 0.2) is 0 Å². The van der Waals surface area contributed by atoms with E-state index in [-0.39, 0.29) is 10.8 Å². The molecule has 102 valence electrons.